The summed E-state index contributed by atoms with van der Waals surface area (Å²) in [7, 11) is 3.11. The smallest absolute Gasteiger partial charge is 0.325 e. The van der Waals surface area contributed by atoms with E-state index in [0.29, 0.717) is 33.3 Å². The number of nitrogens with one attached hydrogen (secondary N) is 1. The van der Waals surface area contributed by atoms with Crippen molar-refractivity contribution >= 4 is 28.2 Å². The fourth-order valence-corrected chi connectivity index (χ4v) is 5.19. The summed E-state index contributed by atoms with van der Waals surface area (Å²) in [6.45, 7) is 1.68. The zero-order chi connectivity index (χ0) is 24.7. The lowest BCUT2D eigenvalue weighted by atomic mass is 9.82. The molecule has 2 aromatic heterocycles. The average Bonchev–Trinajstić information content (AvgIpc) is 3.37. The summed E-state index contributed by atoms with van der Waals surface area (Å²) < 4.78 is 12.0. The Bertz CT molecular complexity index is 1440. The molecule has 1 N–H and O–H groups in total. The van der Waals surface area contributed by atoms with Crippen LogP contribution in [0.3, 0.4) is 0 Å². The van der Waals surface area contributed by atoms with Crippen molar-refractivity contribution in [3.63, 3.8) is 0 Å². The van der Waals surface area contributed by atoms with Crippen LogP contribution in [0.15, 0.2) is 64.8 Å². The molecule has 0 spiro atoms. The monoisotopic (exact) mass is 490 g/mol. The molecule has 0 atom stereocenters. The molecule has 1 aliphatic rings. The van der Waals surface area contributed by atoms with Crippen molar-refractivity contribution in [2.45, 2.75) is 19.0 Å². The maximum absolute atomic E-state index is 14.0. The Morgan fingerprint density at radius 1 is 0.943 bits per heavy atom. The standard InChI is InChI=1S/C25H22N4O5S/c1-15-14-35-24-26-18(12-21(30)29(15)24)13-28-22(31)25(27-23(28)32,16-4-8-19(33-2)9-5-16)17-6-10-20(34-3)11-7-17/h4-12,14H,13H2,1-3H3,(H,27,32). The molecule has 0 unspecified atom stereocenters. The Kier molecular flexibility index (Phi) is 5.52. The van der Waals surface area contributed by atoms with E-state index in [0.717, 1.165) is 10.6 Å². The second-order valence-electron chi connectivity index (χ2n) is 8.11. The summed E-state index contributed by atoms with van der Waals surface area (Å²) in [6, 6.07) is 14.7. The second-order valence-corrected chi connectivity index (χ2v) is 8.95. The van der Waals surface area contributed by atoms with Crippen LogP contribution >= 0.6 is 11.3 Å². The molecule has 35 heavy (non-hydrogen) atoms. The lowest BCUT2D eigenvalue weighted by Crippen LogP contribution is -2.45. The number of nitrogens with zero attached hydrogens (tertiary/aromatic N) is 3. The van der Waals surface area contributed by atoms with Crippen LogP contribution in [0.2, 0.25) is 0 Å². The number of benzene rings is 2. The van der Waals surface area contributed by atoms with Gasteiger partial charge in [0.1, 0.15) is 11.5 Å². The summed E-state index contributed by atoms with van der Waals surface area (Å²) in [6.07, 6.45) is 0. The molecule has 0 bridgehead atoms. The topological polar surface area (TPSA) is 102 Å². The molecule has 0 radical (unpaired) electrons. The molecule has 9 nitrogen and oxygen atoms in total. The first-order valence-corrected chi connectivity index (χ1v) is 11.7. The minimum Gasteiger partial charge on any atom is -0.497 e. The van der Waals surface area contributed by atoms with Crippen molar-refractivity contribution in [2.75, 3.05) is 14.2 Å². The van der Waals surface area contributed by atoms with Gasteiger partial charge in [-0.05, 0) is 42.3 Å². The zero-order valence-electron chi connectivity index (χ0n) is 19.3. The zero-order valence-corrected chi connectivity index (χ0v) is 20.1. The van der Waals surface area contributed by atoms with Crippen molar-refractivity contribution < 1.29 is 19.1 Å². The normalized spacial score (nSPS) is 14.9. The first kappa shape index (κ1) is 22.6. The van der Waals surface area contributed by atoms with Gasteiger partial charge in [0.2, 0.25) is 0 Å². The van der Waals surface area contributed by atoms with Crippen molar-refractivity contribution in [1.29, 1.82) is 0 Å². The van der Waals surface area contributed by atoms with Crippen LogP contribution in [-0.2, 0) is 16.9 Å². The lowest BCUT2D eigenvalue weighted by molar-refractivity contribution is -0.130. The molecular formula is C25H22N4O5S. The summed E-state index contributed by atoms with van der Waals surface area (Å²) in [5.74, 6) is 0.773. The lowest BCUT2D eigenvalue weighted by Gasteiger charge is -2.28. The van der Waals surface area contributed by atoms with Crippen molar-refractivity contribution in [2.24, 2.45) is 0 Å². The van der Waals surface area contributed by atoms with Crippen molar-refractivity contribution in [1.82, 2.24) is 19.6 Å². The van der Waals surface area contributed by atoms with Crippen LogP contribution in [0.5, 0.6) is 11.5 Å². The predicted octanol–water partition coefficient (Wildman–Crippen LogP) is 3.08. The number of amides is 3. The highest BCUT2D eigenvalue weighted by atomic mass is 32.1. The molecule has 0 saturated carbocycles. The highest BCUT2D eigenvalue weighted by Crippen LogP contribution is 2.38. The van der Waals surface area contributed by atoms with Crippen LogP contribution in [0, 0.1) is 6.92 Å². The van der Waals surface area contributed by atoms with Gasteiger partial charge in [-0.3, -0.25) is 18.9 Å². The molecule has 2 aromatic carbocycles. The number of carbonyl (C=O) groups is 2. The Balaban J connectivity index is 1.58. The van der Waals surface area contributed by atoms with E-state index in [-0.39, 0.29) is 12.1 Å². The number of aromatic nitrogens is 2. The second kappa shape index (κ2) is 8.55. The average molecular weight is 491 g/mol. The number of thiazole rings is 1. The van der Waals surface area contributed by atoms with Crippen LogP contribution in [-0.4, -0.2) is 40.4 Å². The Hall–Kier alpha value is -4.18. The van der Waals surface area contributed by atoms with E-state index in [1.807, 2.05) is 12.3 Å². The molecule has 0 aliphatic carbocycles. The molecule has 4 aromatic rings. The van der Waals surface area contributed by atoms with Gasteiger partial charge in [0.05, 0.1) is 26.5 Å². The number of fused-ring (bicyclic) bond motifs is 1. The number of hydrogen-bond donors (Lipinski definition) is 1. The third-order valence-electron chi connectivity index (χ3n) is 6.10. The fourth-order valence-electron chi connectivity index (χ4n) is 4.30. The van der Waals surface area contributed by atoms with Gasteiger partial charge >= 0.3 is 6.03 Å². The minimum atomic E-state index is -1.46. The fraction of sp³-hybridized carbons (Fsp3) is 0.200. The van der Waals surface area contributed by atoms with Crippen LogP contribution in [0.25, 0.3) is 4.96 Å². The molecule has 10 heteroatoms. The third kappa shape index (κ3) is 3.62. The predicted molar refractivity (Wildman–Crippen MR) is 130 cm³/mol. The Labute approximate surface area is 204 Å². The van der Waals surface area contributed by atoms with Gasteiger partial charge in [0, 0.05) is 17.1 Å². The number of carbonyl (C=O) groups excluding carboxylic acids is 2. The molecule has 1 saturated heterocycles. The Morgan fingerprint density at radius 3 is 2.06 bits per heavy atom. The first-order valence-electron chi connectivity index (χ1n) is 10.8. The highest BCUT2D eigenvalue weighted by Gasteiger charge is 2.53. The number of ether oxygens (including phenoxy) is 2. The molecule has 1 fully saturated rings. The minimum absolute atomic E-state index is 0.137. The quantitative estimate of drug-likeness (QED) is 0.417. The first-order chi connectivity index (χ1) is 16.9. The Morgan fingerprint density at radius 2 is 1.51 bits per heavy atom. The molecule has 5 rings (SSSR count). The van der Waals surface area contributed by atoms with E-state index in [1.54, 1.807) is 62.8 Å². The third-order valence-corrected chi connectivity index (χ3v) is 7.04. The number of imide groups is 1. The van der Waals surface area contributed by atoms with Crippen LogP contribution in [0.1, 0.15) is 22.5 Å². The molecule has 3 amide bonds. The number of rotatable bonds is 6. The van der Waals surface area contributed by atoms with Gasteiger partial charge in [-0.2, -0.15) is 0 Å². The van der Waals surface area contributed by atoms with Gasteiger partial charge in [-0.25, -0.2) is 9.78 Å². The van der Waals surface area contributed by atoms with Crippen LogP contribution < -0.4 is 20.3 Å². The van der Waals surface area contributed by atoms with E-state index in [9.17, 15) is 14.4 Å². The van der Waals surface area contributed by atoms with Gasteiger partial charge < -0.3 is 14.8 Å². The van der Waals surface area contributed by atoms with Gasteiger partial charge in [-0.15, -0.1) is 11.3 Å². The van der Waals surface area contributed by atoms with E-state index in [1.165, 1.54) is 21.8 Å². The highest BCUT2D eigenvalue weighted by molar-refractivity contribution is 7.15. The number of aryl methyl sites for hydroxylation is 1. The van der Waals surface area contributed by atoms with Crippen molar-refractivity contribution in [3.8, 4) is 11.5 Å². The van der Waals surface area contributed by atoms with Gasteiger partial charge in [0.25, 0.3) is 11.5 Å². The van der Waals surface area contributed by atoms with Gasteiger partial charge in [-0.1, -0.05) is 24.3 Å². The number of methoxy groups -OCH3 is 2. The van der Waals surface area contributed by atoms with Gasteiger partial charge in [0.15, 0.2) is 10.5 Å². The maximum atomic E-state index is 14.0. The van der Waals surface area contributed by atoms with Crippen molar-refractivity contribution in [3.05, 3.63) is 92.8 Å². The largest absolute Gasteiger partial charge is 0.497 e. The SMILES string of the molecule is COc1ccc(C2(c3ccc(OC)cc3)NC(=O)N(Cc3cc(=O)n4c(C)csc4n3)C2=O)cc1. The number of hydrogen-bond acceptors (Lipinski definition) is 7. The van der Waals surface area contributed by atoms with E-state index < -0.39 is 17.5 Å². The maximum Gasteiger partial charge on any atom is 0.325 e. The summed E-state index contributed by atoms with van der Waals surface area (Å²) in [4.78, 5) is 45.9. The molecule has 1 aliphatic heterocycles. The molecule has 3 heterocycles. The summed E-state index contributed by atoms with van der Waals surface area (Å²) in [5.41, 5.74) is 0.535. The summed E-state index contributed by atoms with van der Waals surface area (Å²) in [5, 5.41) is 4.73. The van der Waals surface area contributed by atoms with Crippen LogP contribution in [0.4, 0.5) is 4.79 Å². The van der Waals surface area contributed by atoms with E-state index in [2.05, 4.69) is 10.3 Å². The number of urea groups is 1. The summed E-state index contributed by atoms with van der Waals surface area (Å²) >= 11 is 1.33. The van der Waals surface area contributed by atoms with E-state index in [4.69, 9.17) is 9.47 Å². The molecular weight excluding hydrogens is 468 g/mol. The van der Waals surface area contributed by atoms with E-state index >= 15 is 0 Å². The molecule has 178 valence electrons.